The molecule has 2 aromatic carbocycles. The van der Waals surface area contributed by atoms with E-state index >= 15 is 0 Å². The summed E-state index contributed by atoms with van der Waals surface area (Å²) in [6.07, 6.45) is 2.39. The fourth-order valence-corrected chi connectivity index (χ4v) is 5.20. The second-order valence-electron chi connectivity index (χ2n) is 8.39. The maximum Gasteiger partial charge on any atom is 0.261 e. The summed E-state index contributed by atoms with van der Waals surface area (Å²) in [5.74, 6) is 1.19. The first-order valence-corrected chi connectivity index (χ1v) is 10.8. The number of aromatic amines is 2. The average Bonchev–Trinajstić information content (AvgIpc) is 3.19. The van der Waals surface area contributed by atoms with E-state index in [1.54, 1.807) is 6.07 Å². The standard InChI is InChI=1S/C23H22ClN5O/c24-14-5-6-16-15(11-14)21(25-19-12-29-9-7-13(19)8-10-29)20(23(30)28-16)22-26-17-3-1-2-4-18(17)27-22/h1-6,11,13,19H,7-10,12H2,(H,26,27)(H2,25,28,30)/t19-/m0/s1. The Bertz CT molecular complexity index is 1290. The number of pyridine rings is 1. The fourth-order valence-electron chi connectivity index (χ4n) is 5.03. The first kappa shape index (κ1) is 18.0. The summed E-state index contributed by atoms with van der Waals surface area (Å²) >= 11 is 6.35. The fraction of sp³-hybridized carbons (Fsp3) is 0.304. The van der Waals surface area contributed by atoms with E-state index in [1.807, 2.05) is 36.4 Å². The third kappa shape index (κ3) is 2.90. The lowest BCUT2D eigenvalue weighted by Crippen LogP contribution is -2.53. The molecule has 152 valence electrons. The summed E-state index contributed by atoms with van der Waals surface area (Å²) in [5, 5.41) is 5.31. The molecule has 30 heavy (non-hydrogen) atoms. The summed E-state index contributed by atoms with van der Waals surface area (Å²) in [5.41, 5.74) is 3.71. The zero-order valence-corrected chi connectivity index (χ0v) is 17.2. The highest BCUT2D eigenvalue weighted by molar-refractivity contribution is 6.31. The van der Waals surface area contributed by atoms with Crippen molar-refractivity contribution < 1.29 is 0 Å². The molecule has 3 saturated heterocycles. The molecule has 3 N–H and O–H groups in total. The lowest BCUT2D eigenvalue weighted by atomic mass is 9.83. The number of benzene rings is 2. The highest BCUT2D eigenvalue weighted by atomic mass is 35.5. The summed E-state index contributed by atoms with van der Waals surface area (Å²) in [6.45, 7) is 3.33. The minimum Gasteiger partial charge on any atom is -0.379 e. The summed E-state index contributed by atoms with van der Waals surface area (Å²) < 4.78 is 0. The number of halogens is 1. The Morgan fingerprint density at radius 1 is 1.07 bits per heavy atom. The molecule has 1 atom stereocenters. The van der Waals surface area contributed by atoms with E-state index in [0.717, 1.165) is 34.2 Å². The van der Waals surface area contributed by atoms with E-state index in [0.29, 0.717) is 28.4 Å². The molecule has 4 aromatic rings. The minimum absolute atomic E-state index is 0.160. The van der Waals surface area contributed by atoms with Gasteiger partial charge in [0.15, 0.2) is 0 Å². The number of hydrogen-bond acceptors (Lipinski definition) is 4. The lowest BCUT2D eigenvalue weighted by Gasteiger charge is -2.45. The van der Waals surface area contributed by atoms with Gasteiger partial charge in [0.25, 0.3) is 5.56 Å². The smallest absolute Gasteiger partial charge is 0.261 e. The van der Waals surface area contributed by atoms with Crippen LogP contribution in [0.3, 0.4) is 0 Å². The number of para-hydroxylation sites is 2. The minimum atomic E-state index is -0.160. The molecule has 0 saturated carbocycles. The molecule has 0 spiro atoms. The molecule has 0 amide bonds. The number of piperidine rings is 3. The SMILES string of the molecule is O=c1[nH]c2ccc(Cl)cc2c(N[C@H]2CN3CCC2CC3)c1-c1nc2ccccc2[nH]1. The maximum absolute atomic E-state index is 13.2. The van der Waals surface area contributed by atoms with Crippen molar-refractivity contribution in [1.82, 2.24) is 19.9 Å². The number of H-pyrrole nitrogens is 2. The van der Waals surface area contributed by atoms with Gasteiger partial charge in [0.1, 0.15) is 11.4 Å². The molecule has 0 radical (unpaired) electrons. The Kier molecular flexibility index (Phi) is 4.11. The van der Waals surface area contributed by atoms with Gasteiger partial charge in [-0.15, -0.1) is 0 Å². The Morgan fingerprint density at radius 2 is 1.90 bits per heavy atom. The Balaban J connectivity index is 1.56. The second-order valence-corrected chi connectivity index (χ2v) is 8.82. The Hall–Kier alpha value is -2.83. The van der Waals surface area contributed by atoms with Gasteiger partial charge in [0.2, 0.25) is 0 Å². The van der Waals surface area contributed by atoms with Crippen LogP contribution in [0.25, 0.3) is 33.3 Å². The van der Waals surface area contributed by atoms with Gasteiger partial charge in [-0.3, -0.25) is 4.79 Å². The van der Waals surface area contributed by atoms with Crippen molar-refractivity contribution in [2.75, 3.05) is 25.0 Å². The first-order valence-electron chi connectivity index (χ1n) is 10.5. The van der Waals surface area contributed by atoms with Crippen LogP contribution < -0.4 is 10.9 Å². The van der Waals surface area contributed by atoms with E-state index in [-0.39, 0.29) is 5.56 Å². The molecule has 6 nitrogen and oxygen atoms in total. The number of nitrogens with one attached hydrogen (secondary N) is 3. The predicted octanol–water partition coefficient (Wildman–Crippen LogP) is 4.23. The van der Waals surface area contributed by atoms with E-state index in [2.05, 4.69) is 20.2 Å². The second kappa shape index (κ2) is 6.86. The zero-order chi connectivity index (χ0) is 20.2. The Labute approximate surface area is 178 Å². The van der Waals surface area contributed by atoms with E-state index in [1.165, 1.54) is 25.9 Å². The number of nitrogens with zero attached hydrogens (tertiary/aromatic N) is 2. The molecule has 7 rings (SSSR count). The number of aromatic nitrogens is 3. The largest absolute Gasteiger partial charge is 0.379 e. The summed E-state index contributed by atoms with van der Waals surface area (Å²) in [6, 6.07) is 13.7. The molecule has 2 bridgehead atoms. The quantitative estimate of drug-likeness (QED) is 0.464. The summed E-state index contributed by atoms with van der Waals surface area (Å²) in [4.78, 5) is 26.8. The number of rotatable bonds is 3. The maximum atomic E-state index is 13.2. The van der Waals surface area contributed by atoms with Crippen molar-refractivity contribution >= 4 is 39.2 Å². The van der Waals surface area contributed by atoms with Crippen molar-refractivity contribution in [3.05, 3.63) is 57.8 Å². The van der Waals surface area contributed by atoms with Crippen LogP contribution in [0.5, 0.6) is 0 Å². The van der Waals surface area contributed by atoms with Gasteiger partial charge in [-0.25, -0.2) is 4.98 Å². The average molecular weight is 420 g/mol. The van der Waals surface area contributed by atoms with Gasteiger partial charge in [-0.2, -0.15) is 0 Å². The molecule has 3 fully saturated rings. The van der Waals surface area contributed by atoms with Crippen molar-refractivity contribution in [1.29, 1.82) is 0 Å². The Morgan fingerprint density at radius 3 is 2.67 bits per heavy atom. The highest BCUT2D eigenvalue weighted by Gasteiger charge is 2.35. The van der Waals surface area contributed by atoms with Gasteiger partial charge in [-0.1, -0.05) is 23.7 Å². The highest BCUT2D eigenvalue weighted by Crippen LogP contribution is 2.36. The number of hydrogen-bond donors (Lipinski definition) is 3. The molecule has 0 unspecified atom stereocenters. The molecule has 2 aromatic heterocycles. The van der Waals surface area contributed by atoms with Crippen LogP contribution in [0.2, 0.25) is 5.02 Å². The van der Waals surface area contributed by atoms with Gasteiger partial charge in [-0.05, 0) is 62.2 Å². The molecular formula is C23H22ClN5O. The van der Waals surface area contributed by atoms with Crippen LogP contribution in [-0.2, 0) is 0 Å². The molecule has 7 heteroatoms. The summed E-state index contributed by atoms with van der Waals surface area (Å²) in [7, 11) is 0. The van der Waals surface area contributed by atoms with Gasteiger partial charge in [0, 0.05) is 23.0 Å². The van der Waals surface area contributed by atoms with Crippen LogP contribution in [-0.4, -0.2) is 45.5 Å². The predicted molar refractivity (Wildman–Crippen MR) is 121 cm³/mol. The number of anilines is 1. The molecule has 3 aliphatic heterocycles. The third-order valence-corrected chi connectivity index (χ3v) is 6.82. The number of fused-ring (bicyclic) bond motifs is 5. The van der Waals surface area contributed by atoms with Crippen LogP contribution in [0, 0.1) is 5.92 Å². The van der Waals surface area contributed by atoms with Crippen molar-refractivity contribution in [2.45, 2.75) is 18.9 Å². The molecule has 0 aliphatic carbocycles. The van der Waals surface area contributed by atoms with Crippen LogP contribution >= 0.6 is 11.6 Å². The van der Waals surface area contributed by atoms with Crippen LogP contribution in [0.1, 0.15) is 12.8 Å². The van der Waals surface area contributed by atoms with Crippen molar-refractivity contribution in [2.24, 2.45) is 5.92 Å². The van der Waals surface area contributed by atoms with Crippen LogP contribution in [0.4, 0.5) is 5.69 Å². The number of imidazole rings is 1. The lowest BCUT2D eigenvalue weighted by molar-refractivity contribution is 0.0976. The third-order valence-electron chi connectivity index (χ3n) is 6.59. The van der Waals surface area contributed by atoms with Gasteiger partial charge in [0.05, 0.1) is 22.2 Å². The molecule has 5 heterocycles. The normalized spacial score (nSPS) is 23.3. The molecule has 3 aliphatic rings. The first-order chi connectivity index (χ1) is 14.7. The van der Waals surface area contributed by atoms with Gasteiger partial charge < -0.3 is 20.2 Å². The van der Waals surface area contributed by atoms with E-state index in [4.69, 9.17) is 16.6 Å². The van der Waals surface area contributed by atoms with Crippen molar-refractivity contribution in [3.8, 4) is 11.4 Å². The zero-order valence-electron chi connectivity index (χ0n) is 16.4. The van der Waals surface area contributed by atoms with E-state index in [9.17, 15) is 4.79 Å². The van der Waals surface area contributed by atoms with Crippen LogP contribution in [0.15, 0.2) is 47.3 Å². The van der Waals surface area contributed by atoms with Crippen molar-refractivity contribution in [3.63, 3.8) is 0 Å². The molecular weight excluding hydrogens is 398 g/mol. The van der Waals surface area contributed by atoms with Gasteiger partial charge >= 0.3 is 0 Å². The van der Waals surface area contributed by atoms with E-state index < -0.39 is 0 Å². The monoisotopic (exact) mass is 419 g/mol. The topological polar surface area (TPSA) is 76.8 Å².